The third-order valence-electron chi connectivity index (χ3n) is 2.46. The summed E-state index contributed by atoms with van der Waals surface area (Å²) in [7, 11) is 0. The molecule has 1 atom stereocenters. The molecule has 1 saturated heterocycles. The number of nitrogens with zero attached hydrogens (tertiary/aromatic N) is 1. The SMILES string of the molecule is CC(C)c1nc(OC2CCOC2)cc(=O)[nH]1. The summed E-state index contributed by atoms with van der Waals surface area (Å²) in [5, 5.41) is 0. The molecule has 16 heavy (non-hydrogen) atoms. The summed E-state index contributed by atoms with van der Waals surface area (Å²) in [5.74, 6) is 1.22. The summed E-state index contributed by atoms with van der Waals surface area (Å²) in [4.78, 5) is 18.3. The molecule has 2 rings (SSSR count). The zero-order valence-corrected chi connectivity index (χ0v) is 9.53. The molecule has 0 aliphatic carbocycles. The van der Waals surface area contributed by atoms with Crippen LogP contribution in [0.4, 0.5) is 0 Å². The average Bonchev–Trinajstić information content (AvgIpc) is 2.69. The number of ether oxygens (including phenoxy) is 2. The Bertz CT molecular complexity index is 408. The molecule has 1 fully saturated rings. The van der Waals surface area contributed by atoms with E-state index in [0.717, 1.165) is 6.42 Å². The minimum absolute atomic E-state index is 0.0225. The van der Waals surface area contributed by atoms with Crippen LogP contribution in [0.15, 0.2) is 10.9 Å². The Morgan fingerprint density at radius 3 is 3.06 bits per heavy atom. The van der Waals surface area contributed by atoms with Gasteiger partial charge in [0.1, 0.15) is 11.9 Å². The first-order valence-corrected chi connectivity index (χ1v) is 5.51. The van der Waals surface area contributed by atoms with Gasteiger partial charge < -0.3 is 14.5 Å². The Balaban J connectivity index is 2.16. The second-order valence-corrected chi connectivity index (χ2v) is 4.23. The van der Waals surface area contributed by atoms with Crippen LogP contribution in [0.2, 0.25) is 0 Å². The second kappa shape index (κ2) is 4.65. The third kappa shape index (κ3) is 2.61. The lowest BCUT2D eigenvalue weighted by Crippen LogP contribution is -2.20. The van der Waals surface area contributed by atoms with Crippen LogP contribution in [0.3, 0.4) is 0 Å². The largest absolute Gasteiger partial charge is 0.472 e. The van der Waals surface area contributed by atoms with Crippen LogP contribution in [-0.4, -0.2) is 29.3 Å². The van der Waals surface area contributed by atoms with Crippen molar-refractivity contribution in [2.24, 2.45) is 0 Å². The molecule has 1 aromatic heterocycles. The number of rotatable bonds is 3. The van der Waals surface area contributed by atoms with Crippen LogP contribution in [0.5, 0.6) is 5.88 Å². The van der Waals surface area contributed by atoms with Crippen molar-refractivity contribution in [3.8, 4) is 5.88 Å². The smallest absolute Gasteiger partial charge is 0.254 e. The number of nitrogens with one attached hydrogen (secondary N) is 1. The van der Waals surface area contributed by atoms with Crippen LogP contribution < -0.4 is 10.3 Å². The molecule has 5 nitrogen and oxygen atoms in total. The van der Waals surface area contributed by atoms with E-state index in [1.54, 1.807) is 0 Å². The monoisotopic (exact) mass is 224 g/mol. The van der Waals surface area contributed by atoms with Gasteiger partial charge >= 0.3 is 0 Å². The standard InChI is InChI=1S/C11H16N2O3/c1-7(2)11-12-9(14)5-10(13-11)16-8-3-4-15-6-8/h5,7-8H,3-4,6H2,1-2H3,(H,12,13,14). The molecule has 1 N–H and O–H groups in total. The van der Waals surface area contributed by atoms with Crippen molar-refractivity contribution in [3.05, 3.63) is 22.2 Å². The van der Waals surface area contributed by atoms with E-state index in [2.05, 4.69) is 9.97 Å². The van der Waals surface area contributed by atoms with E-state index in [1.165, 1.54) is 6.07 Å². The average molecular weight is 224 g/mol. The first-order valence-electron chi connectivity index (χ1n) is 5.51. The summed E-state index contributed by atoms with van der Waals surface area (Å²) in [6.45, 7) is 5.23. The lowest BCUT2D eigenvalue weighted by Gasteiger charge is -2.12. The maximum atomic E-state index is 11.4. The van der Waals surface area contributed by atoms with Gasteiger partial charge in [0.25, 0.3) is 5.56 Å². The lowest BCUT2D eigenvalue weighted by atomic mass is 10.2. The van der Waals surface area contributed by atoms with Gasteiger partial charge in [0, 0.05) is 12.3 Å². The molecule has 1 aromatic rings. The quantitative estimate of drug-likeness (QED) is 0.833. The molecule has 1 unspecified atom stereocenters. The molecule has 0 spiro atoms. The molecule has 88 valence electrons. The molecule has 0 radical (unpaired) electrons. The van der Waals surface area contributed by atoms with E-state index in [-0.39, 0.29) is 17.6 Å². The minimum Gasteiger partial charge on any atom is -0.472 e. The Morgan fingerprint density at radius 1 is 1.62 bits per heavy atom. The highest BCUT2D eigenvalue weighted by Gasteiger charge is 2.18. The Labute approximate surface area is 93.8 Å². The third-order valence-corrected chi connectivity index (χ3v) is 2.46. The van der Waals surface area contributed by atoms with E-state index < -0.39 is 0 Å². The number of hydrogen-bond donors (Lipinski definition) is 1. The molecular weight excluding hydrogens is 208 g/mol. The Hall–Kier alpha value is -1.36. The van der Waals surface area contributed by atoms with Gasteiger partial charge in [-0.3, -0.25) is 4.79 Å². The van der Waals surface area contributed by atoms with Crippen molar-refractivity contribution in [2.75, 3.05) is 13.2 Å². The first kappa shape index (κ1) is 11.1. The molecule has 1 aliphatic rings. The van der Waals surface area contributed by atoms with Gasteiger partial charge in [-0.15, -0.1) is 0 Å². The van der Waals surface area contributed by atoms with Gasteiger partial charge in [0.2, 0.25) is 5.88 Å². The van der Waals surface area contributed by atoms with Gasteiger partial charge in [-0.1, -0.05) is 13.8 Å². The first-order chi connectivity index (χ1) is 7.65. The lowest BCUT2D eigenvalue weighted by molar-refractivity contribution is 0.137. The Morgan fingerprint density at radius 2 is 2.44 bits per heavy atom. The van der Waals surface area contributed by atoms with Crippen LogP contribution in [0, 0.1) is 0 Å². The van der Waals surface area contributed by atoms with E-state index in [1.807, 2.05) is 13.8 Å². The van der Waals surface area contributed by atoms with E-state index in [4.69, 9.17) is 9.47 Å². The van der Waals surface area contributed by atoms with E-state index in [9.17, 15) is 4.79 Å². The fourth-order valence-electron chi connectivity index (χ4n) is 1.56. The molecule has 2 heterocycles. The summed E-state index contributed by atoms with van der Waals surface area (Å²) in [5.41, 5.74) is -0.174. The number of aromatic amines is 1. The highest BCUT2D eigenvalue weighted by Crippen LogP contribution is 2.15. The maximum absolute atomic E-state index is 11.4. The van der Waals surface area contributed by atoms with Crippen molar-refractivity contribution in [2.45, 2.75) is 32.3 Å². The van der Waals surface area contributed by atoms with Crippen LogP contribution in [0.25, 0.3) is 0 Å². The number of hydrogen-bond acceptors (Lipinski definition) is 4. The van der Waals surface area contributed by atoms with Crippen molar-refractivity contribution < 1.29 is 9.47 Å². The fraction of sp³-hybridized carbons (Fsp3) is 0.636. The highest BCUT2D eigenvalue weighted by molar-refractivity contribution is 5.11. The zero-order valence-electron chi connectivity index (χ0n) is 9.53. The van der Waals surface area contributed by atoms with E-state index in [0.29, 0.717) is 24.9 Å². The summed E-state index contributed by atoms with van der Waals surface area (Å²) < 4.78 is 10.8. The normalized spacial score (nSPS) is 20.3. The Kier molecular flexibility index (Phi) is 3.24. The summed E-state index contributed by atoms with van der Waals surface area (Å²) in [6.07, 6.45) is 0.875. The molecule has 0 aromatic carbocycles. The molecule has 1 aliphatic heterocycles. The molecule has 0 bridgehead atoms. The number of H-pyrrole nitrogens is 1. The van der Waals surface area contributed by atoms with Crippen LogP contribution in [-0.2, 0) is 4.74 Å². The molecule has 0 saturated carbocycles. The topological polar surface area (TPSA) is 64.2 Å². The van der Waals surface area contributed by atoms with Crippen molar-refractivity contribution in [1.29, 1.82) is 0 Å². The summed E-state index contributed by atoms with van der Waals surface area (Å²) in [6, 6.07) is 1.38. The van der Waals surface area contributed by atoms with Gasteiger partial charge in [-0.2, -0.15) is 4.98 Å². The van der Waals surface area contributed by atoms with Gasteiger partial charge in [-0.05, 0) is 0 Å². The van der Waals surface area contributed by atoms with Gasteiger partial charge in [0.15, 0.2) is 0 Å². The minimum atomic E-state index is -0.174. The fourth-order valence-corrected chi connectivity index (χ4v) is 1.56. The highest BCUT2D eigenvalue weighted by atomic mass is 16.5. The van der Waals surface area contributed by atoms with Gasteiger partial charge in [0.05, 0.1) is 19.3 Å². The number of aromatic nitrogens is 2. The molecule has 5 heteroatoms. The van der Waals surface area contributed by atoms with Crippen molar-refractivity contribution in [1.82, 2.24) is 9.97 Å². The van der Waals surface area contributed by atoms with E-state index >= 15 is 0 Å². The predicted molar refractivity (Wildman–Crippen MR) is 58.8 cm³/mol. The van der Waals surface area contributed by atoms with Crippen molar-refractivity contribution >= 4 is 0 Å². The summed E-state index contributed by atoms with van der Waals surface area (Å²) >= 11 is 0. The predicted octanol–water partition coefficient (Wildman–Crippen LogP) is 1.06. The van der Waals surface area contributed by atoms with Crippen LogP contribution in [0.1, 0.15) is 32.0 Å². The van der Waals surface area contributed by atoms with Crippen LogP contribution >= 0.6 is 0 Å². The maximum Gasteiger partial charge on any atom is 0.254 e. The van der Waals surface area contributed by atoms with Gasteiger partial charge in [-0.25, -0.2) is 0 Å². The second-order valence-electron chi connectivity index (χ2n) is 4.23. The zero-order chi connectivity index (χ0) is 11.5. The van der Waals surface area contributed by atoms with Crippen molar-refractivity contribution in [3.63, 3.8) is 0 Å². The molecule has 0 amide bonds. The molecular formula is C11H16N2O3.